The third-order valence-electron chi connectivity index (χ3n) is 2.87. The molecule has 5 heteroatoms. The number of ether oxygens (including phenoxy) is 1. The molecule has 1 amide bonds. The Morgan fingerprint density at radius 3 is 3.00 bits per heavy atom. The van der Waals surface area contributed by atoms with Gasteiger partial charge in [-0.05, 0) is 36.7 Å². The van der Waals surface area contributed by atoms with E-state index in [1.54, 1.807) is 18.2 Å². The van der Waals surface area contributed by atoms with E-state index in [9.17, 15) is 4.79 Å². The van der Waals surface area contributed by atoms with E-state index in [0.29, 0.717) is 28.8 Å². The van der Waals surface area contributed by atoms with Gasteiger partial charge in [-0.2, -0.15) is 0 Å². The molecular weight excluding hydrogens is 240 g/mol. The minimum Gasteiger partial charge on any atom is -0.449 e. The first kappa shape index (κ1) is 10.6. The van der Waals surface area contributed by atoms with Gasteiger partial charge in [0, 0.05) is 11.6 Å². The van der Waals surface area contributed by atoms with Gasteiger partial charge in [-0.3, -0.25) is 4.79 Å². The molecule has 0 bridgehead atoms. The van der Waals surface area contributed by atoms with Gasteiger partial charge in [-0.1, -0.05) is 11.6 Å². The molecular formula is C12H11ClN2O2. The van der Waals surface area contributed by atoms with Crippen LogP contribution in [0.2, 0.25) is 5.02 Å². The first-order valence-electron chi connectivity index (χ1n) is 5.45. The summed E-state index contributed by atoms with van der Waals surface area (Å²) in [5.74, 6) is 0.867. The van der Waals surface area contributed by atoms with Crippen molar-refractivity contribution in [2.24, 2.45) is 0 Å². The van der Waals surface area contributed by atoms with Gasteiger partial charge in [0.1, 0.15) is 0 Å². The molecule has 2 heterocycles. The summed E-state index contributed by atoms with van der Waals surface area (Å²) in [4.78, 5) is 11.9. The van der Waals surface area contributed by atoms with Crippen LogP contribution in [0.25, 0.3) is 0 Å². The summed E-state index contributed by atoms with van der Waals surface area (Å²) in [6, 6.07) is 5.19. The van der Waals surface area contributed by atoms with Crippen LogP contribution in [0.3, 0.4) is 0 Å². The first-order chi connectivity index (χ1) is 8.24. The maximum atomic E-state index is 11.9. The minimum atomic E-state index is -0.196. The molecule has 0 radical (unpaired) electrons. The van der Waals surface area contributed by atoms with E-state index >= 15 is 0 Å². The van der Waals surface area contributed by atoms with Crippen molar-refractivity contribution in [3.8, 4) is 5.75 Å². The molecule has 0 atom stereocenters. The lowest BCUT2D eigenvalue weighted by molar-refractivity contribution is -0.115. The SMILES string of the molecule is O=C1Nc2cc(Cl)ccc2O/C1=C1/CCNC1. The van der Waals surface area contributed by atoms with Crippen molar-refractivity contribution in [1.82, 2.24) is 5.32 Å². The number of carbonyl (C=O) groups excluding carboxylic acids is 1. The van der Waals surface area contributed by atoms with E-state index in [0.717, 1.165) is 18.5 Å². The van der Waals surface area contributed by atoms with Crippen LogP contribution in [-0.4, -0.2) is 19.0 Å². The second-order valence-corrected chi connectivity index (χ2v) is 4.49. The third kappa shape index (κ3) is 1.90. The molecule has 1 aromatic carbocycles. The van der Waals surface area contributed by atoms with Crippen LogP contribution in [0.5, 0.6) is 5.75 Å². The Labute approximate surface area is 104 Å². The van der Waals surface area contributed by atoms with Crippen molar-refractivity contribution in [3.05, 3.63) is 34.6 Å². The molecule has 2 N–H and O–H groups in total. The second kappa shape index (κ2) is 4.05. The van der Waals surface area contributed by atoms with E-state index < -0.39 is 0 Å². The van der Waals surface area contributed by atoms with Crippen LogP contribution in [-0.2, 0) is 4.79 Å². The van der Waals surface area contributed by atoms with Crippen LogP contribution in [0, 0.1) is 0 Å². The standard InChI is InChI=1S/C12H11ClN2O2/c13-8-1-2-10-9(5-8)15-12(16)11(17-10)7-3-4-14-6-7/h1-2,5,14H,3-4,6H2,(H,15,16)/b11-7-. The van der Waals surface area contributed by atoms with Gasteiger partial charge in [-0.25, -0.2) is 0 Å². The van der Waals surface area contributed by atoms with Gasteiger partial charge in [0.05, 0.1) is 5.69 Å². The summed E-state index contributed by atoms with van der Waals surface area (Å²) in [6.07, 6.45) is 0.853. The number of nitrogens with one attached hydrogen (secondary N) is 2. The summed E-state index contributed by atoms with van der Waals surface area (Å²) in [5.41, 5.74) is 1.64. The zero-order valence-electron chi connectivity index (χ0n) is 9.05. The van der Waals surface area contributed by atoms with Gasteiger partial charge in [0.25, 0.3) is 5.91 Å². The van der Waals surface area contributed by atoms with Gasteiger partial charge in [-0.15, -0.1) is 0 Å². The average Bonchev–Trinajstić information content (AvgIpc) is 2.81. The highest BCUT2D eigenvalue weighted by atomic mass is 35.5. The lowest BCUT2D eigenvalue weighted by Crippen LogP contribution is -2.25. The number of halogens is 1. The van der Waals surface area contributed by atoms with E-state index in [2.05, 4.69) is 10.6 Å². The number of amides is 1. The van der Waals surface area contributed by atoms with E-state index in [4.69, 9.17) is 16.3 Å². The number of benzene rings is 1. The first-order valence-corrected chi connectivity index (χ1v) is 5.83. The smallest absolute Gasteiger partial charge is 0.291 e. The Balaban J connectivity index is 2.00. The molecule has 2 aliphatic heterocycles. The van der Waals surface area contributed by atoms with Gasteiger partial charge >= 0.3 is 0 Å². The van der Waals surface area contributed by atoms with Crippen LogP contribution < -0.4 is 15.4 Å². The van der Waals surface area contributed by atoms with E-state index in [1.807, 2.05) is 0 Å². The van der Waals surface area contributed by atoms with Crippen molar-refractivity contribution < 1.29 is 9.53 Å². The minimum absolute atomic E-state index is 0.196. The topological polar surface area (TPSA) is 50.4 Å². The summed E-state index contributed by atoms with van der Waals surface area (Å²) < 4.78 is 5.65. The quantitative estimate of drug-likeness (QED) is 0.692. The van der Waals surface area contributed by atoms with Gasteiger partial charge in [0.15, 0.2) is 11.5 Å². The zero-order chi connectivity index (χ0) is 11.8. The largest absolute Gasteiger partial charge is 0.449 e. The molecule has 17 heavy (non-hydrogen) atoms. The summed E-state index contributed by atoms with van der Waals surface area (Å²) in [7, 11) is 0. The number of rotatable bonds is 0. The lowest BCUT2D eigenvalue weighted by atomic mass is 10.1. The Morgan fingerprint density at radius 1 is 1.35 bits per heavy atom. The molecule has 1 saturated heterocycles. The fourth-order valence-electron chi connectivity index (χ4n) is 2.02. The van der Waals surface area contributed by atoms with Crippen LogP contribution in [0.4, 0.5) is 5.69 Å². The highest BCUT2D eigenvalue weighted by Crippen LogP contribution is 2.34. The molecule has 0 spiro atoms. The summed E-state index contributed by atoms with van der Waals surface area (Å²) in [6.45, 7) is 1.61. The van der Waals surface area contributed by atoms with Crippen LogP contribution in [0.1, 0.15) is 6.42 Å². The molecule has 1 aromatic rings. The number of hydrogen-bond donors (Lipinski definition) is 2. The molecule has 3 rings (SSSR count). The summed E-state index contributed by atoms with van der Waals surface area (Å²) >= 11 is 5.86. The van der Waals surface area contributed by atoms with Gasteiger partial charge < -0.3 is 15.4 Å². The Hall–Kier alpha value is -1.52. The predicted molar refractivity (Wildman–Crippen MR) is 65.2 cm³/mol. The fraction of sp³-hybridized carbons (Fsp3) is 0.250. The predicted octanol–water partition coefficient (Wildman–Crippen LogP) is 1.92. The van der Waals surface area contributed by atoms with E-state index in [1.165, 1.54) is 0 Å². The van der Waals surface area contributed by atoms with Gasteiger partial charge in [0.2, 0.25) is 0 Å². The van der Waals surface area contributed by atoms with E-state index in [-0.39, 0.29) is 5.91 Å². The highest BCUT2D eigenvalue weighted by Gasteiger charge is 2.26. The zero-order valence-corrected chi connectivity index (χ0v) is 9.80. The number of fused-ring (bicyclic) bond motifs is 1. The summed E-state index contributed by atoms with van der Waals surface area (Å²) in [5, 5.41) is 6.55. The van der Waals surface area contributed by atoms with Crippen LogP contribution >= 0.6 is 11.6 Å². The maximum Gasteiger partial charge on any atom is 0.291 e. The van der Waals surface area contributed by atoms with Crippen molar-refractivity contribution in [1.29, 1.82) is 0 Å². The molecule has 0 unspecified atom stereocenters. The monoisotopic (exact) mass is 250 g/mol. The fourth-order valence-corrected chi connectivity index (χ4v) is 2.19. The second-order valence-electron chi connectivity index (χ2n) is 4.06. The van der Waals surface area contributed by atoms with Crippen molar-refractivity contribution in [3.63, 3.8) is 0 Å². The molecule has 2 aliphatic rings. The Kier molecular flexibility index (Phi) is 2.53. The third-order valence-corrected chi connectivity index (χ3v) is 3.11. The van der Waals surface area contributed by atoms with Crippen LogP contribution in [0.15, 0.2) is 29.5 Å². The Morgan fingerprint density at radius 2 is 2.24 bits per heavy atom. The molecule has 88 valence electrons. The van der Waals surface area contributed by atoms with Crippen molar-refractivity contribution in [2.45, 2.75) is 6.42 Å². The lowest BCUT2D eigenvalue weighted by Gasteiger charge is -2.21. The normalized spacial score (nSPS) is 23.0. The Bertz CT molecular complexity index is 517. The highest BCUT2D eigenvalue weighted by molar-refractivity contribution is 6.31. The van der Waals surface area contributed by atoms with Crippen molar-refractivity contribution >= 4 is 23.2 Å². The number of anilines is 1. The molecule has 0 aromatic heterocycles. The molecule has 1 fully saturated rings. The number of carbonyl (C=O) groups is 1. The molecule has 0 saturated carbocycles. The maximum absolute atomic E-state index is 11.9. The van der Waals surface area contributed by atoms with Crippen molar-refractivity contribution in [2.75, 3.05) is 18.4 Å². The number of hydrogen-bond acceptors (Lipinski definition) is 3. The molecule has 4 nitrogen and oxygen atoms in total. The average molecular weight is 251 g/mol. The molecule has 0 aliphatic carbocycles.